The molecule has 2 aliphatic heterocycles. The average Bonchev–Trinajstić information content (AvgIpc) is 4.00. The zero-order chi connectivity index (χ0) is 46.7. The third kappa shape index (κ3) is 12.4. The van der Waals surface area contributed by atoms with E-state index in [1.54, 1.807) is 14.5 Å². The number of hydrogen-bond acceptors (Lipinski definition) is 12. The molecule has 4 aromatic carbocycles. The molecule has 0 spiro atoms. The number of nitrogens with zero attached hydrogens (tertiary/aromatic N) is 10. The fourth-order valence-corrected chi connectivity index (χ4v) is 8.03. The molecule has 0 unspecified atom stereocenters. The van der Waals surface area contributed by atoms with Gasteiger partial charge in [0, 0.05) is 75.9 Å². The molecule has 2 amide bonds. The minimum Gasteiger partial charge on any atom is -0.457 e. The maximum Gasteiger partial charge on any atom is 0.246 e. The van der Waals surface area contributed by atoms with Gasteiger partial charge in [-0.3, -0.25) is 24.7 Å². The van der Waals surface area contributed by atoms with Crippen LogP contribution in [0, 0.1) is 13.1 Å². The van der Waals surface area contributed by atoms with Crippen molar-refractivity contribution in [2.75, 3.05) is 37.6 Å². The predicted molar refractivity (Wildman–Crippen MR) is 265 cm³/mol. The summed E-state index contributed by atoms with van der Waals surface area (Å²) >= 11 is 0. The zero-order valence-corrected chi connectivity index (χ0v) is 40.6. The molecule has 0 aliphatic carbocycles. The van der Waals surface area contributed by atoms with Gasteiger partial charge in [0.1, 0.15) is 40.8 Å². The van der Waals surface area contributed by atoms with Crippen molar-refractivity contribution < 1.29 is 51.8 Å². The zero-order valence-electron chi connectivity index (χ0n) is 37.8. The van der Waals surface area contributed by atoms with Crippen LogP contribution in [-0.2, 0) is 42.3 Å². The summed E-state index contributed by atoms with van der Waals surface area (Å²) in [5.74, 6) is 3.87. The number of rotatable bonds is 9. The summed E-state index contributed by atoms with van der Waals surface area (Å²) in [5.41, 5.74) is 16.2. The predicted octanol–water partition coefficient (Wildman–Crippen LogP) is 9.20. The van der Waals surface area contributed by atoms with E-state index in [2.05, 4.69) is 51.3 Å². The monoisotopic (exact) mass is 1000 g/mol. The molecular weight excluding hydrogens is 946 g/mol. The van der Waals surface area contributed by atoms with Gasteiger partial charge in [0.05, 0.1) is 23.8 Å². The first-order valence-corrected chi connectivity index (χ1v) is 22.0. The van der Waals surface area contributed by atoms with Crippen LogP contribution in [0.25, 0.3) is 33.3 Å². The van der Waals surface area contributed by atoms with Crippen molar-refractivity contribution in [1.82, 2.24) is 49.3 Å². The van der Waals surface area contributed by atoms with Crippen LogP contribution in [0.5, 0.6) is 23.0 Å². The van der Waals surface area contributed by atoms with E-state index in [0.717, 1.165) is 60.8 Å². The van der Waals surface area contributed by atoms with Crippen molar-refractivity contribution in [2.45, 2.75) is 52.1 Å². The number of para-hydroxylation sites is 2. The fourth-order valence-electron chi connectivity index (χ4n) is 8.03. The quantitative estimate of drug-likeness (QED) is 0.103. The molecule has 10 rings (SSSR count). The van der Waals surface area contributed by atoms with Crippen LogP contribution < -0.4 is 20.9 Å². The number of nitrogen functional groups attached to an aromatic ring is 2. The van der Waals surface area contributed by atoms with Gasteiger partial charge in [-0.1, -0.05) is 80.1 Å². The molecule has 0 bridgehead atoms. The van der Waals surface area contributed by atoms with Gasteiger partial charge in [-0.2, -0.15) is 5.10 Å². The van der Waals surface area contributed by atoms with Crippen LogP contribution >= 0.6 is 0 Å². The number of aryl methyl sites for hydroxylation is 1. The van der Waals surface area contributed by atoms with E-state index >= 15 is 0 Å². The molecule has 1 radical (unpaired) electrons. The number of hydrogen-bond donors (Lipinski definition) is 2. The van der Waals surface area contributed by atoms with Crippen molar-refractivity contribution in [1.29, 1.82) is 0 Å². The minimum atomic E-state index is -0.0699. The van der Waals surface area contributed by atoms with Crippen molar-refractivity contribution in [3.05, 3.63) is 159 Å². The molecule has 69 heavy (non-hydrogen) atoms. The summed E-state index contributed by atoms with van der Waals surface area (Å²) in [6.45, 7) is 11.8. The summed E-state index contributed by atoms with van der Waals surface area (Å²) in [7, 11) is 0. The van der Waals surface area contributed by atoms with E-state index < -0.39 is 0 Å². The Morgan fingerprint density at radius 1 is 0.652 bits per heavy atom. The van der Waals surface area contributed by atoms with Gasteiger partial charge >= 0.3 is 0 Å². The number of carbonyl (C=O) groups is 2. The Hall–Kier alpha value is -7.30. The van der Waals surface area contributed by atoms with Gasteiger partial charge in [-0.15, -0.1) is 0 Å². The summed E-state index contributed by atoms with van der Waals surface area (Å²) < 4.78 is 15.2. The molecule has 16 nitrogen and oxygen atoms in total. The fraction of sp³-hybridized carbons (Fsp3) is 0.231. The van der Waals surface area contributed by atoms with E-state index in [1.807, 2.05) is 114 Å². The van der Waals surface area contributed by atoms with Gasteiger partial charge in [0.25, 0.3) is 0 Å². The molecule has 0 saturated carbocycles. The van der Waals surface area contributed by atoms with Crippen molar-refractivity contribution in [3.63, 3.8) is 0 Å². The van der Waals surface area contributed by atoms with Crippen LogP contribution in [0.3, 0.4) is 0 Å². The van der Waals surface area contributed by atoms with Gasteiger partial charge in [-0.05, 0) is 112 Å². The number of aromatic nitrogens is 8. The smallest absolute Gasteiger partial charge is 0.246 e. The topological polar surface area (TPSA) is 198 Å². The maximum atomic E-state index is 12.2. The van der Waals surface area contributed by atoms with Crippen LogP contribution in [-0.4, -0.2) is 87.3 Å². The normalized spacial score (nSPS) is 15.2. The second-order valence-corrected chi connectivity index (χ2v) is 16.0. The van der Waals surface area contributed by atoms with Crippen LogP contribution in [0.1, 0.15) is 50.8 Å². The van der Waals surface area contributed by atoms with E-state index in [-0.39, 0.29) is 64.0 Å². The summed E-state index contributed by atoms with van der Waals surface area (Å²) in [6.07, 6.45) is 12.1. The summed E-state index contributed by atoms with van der Waals surface area (Å²) in [5, 5.41) is 10.5. The third-order valence-corrected chi connectivity index (χ3v) is 11.4. The number of amides is 2. The molecule has 4 N–H and O–H groups in total. The standard InChI is InChI=1S/C25H24N6O2.C13H15N6O.C13H12O.CH4.Y/c1-2-21(32)30-14-6-7-18(15-30)31-25-22(24(26)27-16-28-25)23(29-31)17-10-12-20(13-11-17)33-19-8-4-3-5-9-19;1-2-11(20)18-5-3-4-9(7-18)19-13-10(6-17-19)12(14)15-8-16-13;1-11-7-9-13(10-8-11)14-12-5-3-2-4-6-12;;/h2-5,8-13,16,18H,1,6-7,14-15H2,(H2,26,27,28);2,8-9H,1,3-5,7H2,(H2,14,15,16);2-10H,1H3;1H4;/q;-1;;;/t18-;9-;;;/m11.../s1. The first-order valence-electron chi connectivity index (χ1n) is 22.0. The number of anilines is 2. The van der Waals surface area contributed by atoms with Gasteiger partial charge in [0.2, 0.25) is 11.8 Å². The Labute approximate surface area is 427 Å². The second kappa shape index (κ2) is 24.1. The van der Waals surface area contributed by atoms with E-state index in [4.69, 9.17) is 26.0 Å². The number of fused-ring (bicyclic) bond motifs is 2. The van der Waals surface area contributed by atoms with Crippen LogP contribution in [0.4, 0.5) is 11.6 Å². The molecule has 8 aromatic rings. The average molecular weight is 1000 g/mol. The molecule has 6 heterocycles. The van der Waals surface area contributed by atoms with Crippen molar-refractivity contribution in [3.8, 4) is 34.3 Å². The Morgan fingerprint density at radius 2 is 1.13 bits per heavy atom. The number of likely N-dealkylation sites (tertiary alicyclic amines) is 2. The first-order chi connectivity index (χ1) is 32.7. The molecule has 4 aromatic heterocycles. The summed E-state index contributed by atoms with van der Waals surface area (Å²) in [4.78, 5) is 44.3. The van der Waals surface area contributed by atoms with Gasteiger partial charge in [0.15, 0.2) is 5.65 Å². The molecule has 2 atom stereocenters. The molecule has 17 heteroatoms. The number of ether oxygens (including phenoxy) is 2. The SMILES string of the molecule is C.C=CC(=O)N1CCC[C@@H](n2n[c-]c3c(N)ncnc32)C1.C=CC(=O)N1CCC[C@@H](n2nc(-c3ccc(Oc4ccccc4)cc3)c3c(N)ncnc32)C1.Cc1ccc(Oc2ccccc2)cc1.[Y]. The maximum absolute atomic E-state index is 12.2. The molecular formula is C52H55N12O4Y-. The molecule has 2 aliphatic rings. The van der Waals surface area contributed by atoms with Gasteiger partial charge in [-0.25, -0.2) is 14.6 Å². The first kappa shape index (κ1) is 51.1. The van der Waals surface area contributed by atoms with Crippen LogP contribution in [0.2, 0.25) is 0 Å². The molecule has 351 valence electrons. The molecule has 2 saturated heterocycles. The second-order valence-electron chi connectivity index (χ2n) is 16.0. The van der Waals surface area contributed by atoms with Crippen molar-refractivity contribution >= 4 is 45.5 Å². The van der Waals surface area contributed by atoms with Crippen LogP contribution in [0.15, 0.2) is 147 Å². The third-order valence-electron chi connectivity index (χ3n) is 11.4. The molecule has 2 fully saturated rings. The number of carbonyl (C=O) groups excluding carboxylic acids is 2. The van der Waals surface area contributed by atoms with E-state index in [9.17, 15) is 9.59 Å². The number of nitrogens with two attached hydrogens (primary N) is 2. The van der Waals surface area contributed by atoms with E-state index in [1.165, 1.54) is 30.4 Å². The number of benzene rings is 4. The summed E-state index contributed by atoms with van der Waals surface area (Å²) in [6, 6.07) is 35.2. The Balaban J connectivity index is 0.000000185. The largest absolute Gasteiger partial charge is 0.457 e. The van der Waals surface area contributed by atoms with Crippen molar-refractivity contribution in [2.24, 2.45) is 0 Å². The Morgan fingerprint density at radius 3 is 1.67 bits per heavy atom. The minimum absolute atomic E-state index is 0. The Bertz CT molecular complexity index is 2970. The Kier molecular flexibility index (Phi) is 17.9. The number of piperidine rings is 2. The van der Waals surface area contributed by atoms with Gasteiger partial charge < -0.3 is 35.4 Å². The van der Waals surface area contributed by atoms with E-state index in [0.29, 0.717) is 59.0 Å².